The minimum absolute atomic E-state index is 0.338. The van der Waals surface area contributed by atoms with Gasteiger partial charge in [-0.25, -0.2) is 4.79 Å². The first kappa shape index (κ1) is 15.4. The number of anilines is 2. The molecule has 0 radical (unpaired) electrons. The van der Waals surface area contributed by atoms with Crippen LogP contribution in [-0.2, 0) is 9.53 Å². The second-order valence-corrected chi connectivity index (χ2v) is 5.27. The lowest BCUT2D eigenvalue weighted by molar-refractivity contribution is -0.138. The molecule has 1 aromatic carbocycles. The number of carbonyl (C=O) groups is 1. The number of nitrogens with zero attached hydrogens (tertiary/aromatic N) is 1. The highest BCUT2D eigenvalue weighted by atomic mass is 16.5. The van der Waals surface area contributed by atoms with Crippen molar-refractivity contribution in [2.75, 3.05) is 36.5 Å². The highest BCUT2D eigenvalue weighted by Gasteiger charge is 2.11. The molecule has 1 fully saturated rings. The Hall–Kier alpha value is -1.97. The van der Waals surface area contributed by atoms with Crippen LogP contribution in [0.15, 0.2) is 36.4 Å². The molecule has 0 bridgehead atoms. The summed E-state index contributed by atoms with van der Waals surface area (Å²) >= 11 is 0. The van der Waals surface area contributed by atoms with Gasteiger partial charge in [-0.05, 0) is 50.5 Å². The van der Waals surface area contributed by atoms with E-state index in [1.807, 2.05) is 12.1 Å². The molecule has 4 nitrogen and oxygen atoms in total. The number of nitrogens with one attached hydrogen (secondary N) is 1. The molecule has 0 saturated carbocycles. The molecular weight excluding hydrogens is 264 g/mol. The first-order chi connectivity index (χ1) is 10.2. The number of carbonyl (C=O) groups excluding carboxylic acids is 1. The van der Waals surface area contributed by atoms with Crippen LogP contribution in [0, 0.1) is 0 Å². The maximum atomic E-state index is 11.5. The van der Waals surface area contributed by atoms with Gasteiger partial charge in [0.25, 0.3) is 0 Å². The SMILES string of the molecule is C=C(CNc1ccc(N2CCCCC2)cc1)C(=O)OCC. The van der Waals surface area contributed by atoms with Crippen LogP contribution in [0.2, 0.25) is 0 Å². The molecule has 2 rings (SSSR count). The maximum absolute atomic E-state index is 11.5. The number of piperidine rings is 1. The third-order valence-corrected chi connectivity index (χ3v) is 3.66. The normalized spacial score (nSPS) is 14.6. The van der Waals surface area contributed by atoms with Crippen LogP contribution in [0.25, 0.3) is 0 Å². The molecule has 4 heteroatoms. The third kappa shape index (κ3) is 4.52. The monoisotopic (exact) mass is 288 g/mol. The fourth-order valence-electron chi connectivity index (χ4n) is 2.46. The Morgan fingerprint density at radius 3 is 2.52 bits per heavy atom. The molecular formula is C17H24N2O2. The summed E-state index contributed by atoms with van der Waals surface area (Å²) in [6.07, 6.45) is 3.89. The molecule has 0 atom stereocenters. The quantitative estimate of drug-likeness (QED) is 0.644. The van der Waals surface area contributed by atoms with E-state index in [1.165, 1.54) is 24.9 Å². The van der Waals surface area contributed by atoms with Crippen molar-refractivity contribution in [2.24, 2.45) is 0 Å². The zero-order valence-electron chi connectivity index (χ0n) is 12.7. The van der Waals surface area contributed by atoms with Crippen molar-refractivity contribution in [3.05, 3.63) is 36.4 Å². The van der Waals surface area contributed by atoms with Crippen LogP contribution in [0.5, 0.6) is 0 Å². The van der Waals surface area contributed by atoms with Crippen molar-refractivity contribution in [3.63, 3.8) is 0 Å². The Kier molecular flexibility index (Phi) is 5.67. The third-order valence-electron chi connectivity index (χ3n) is 3.66. The molecule has 1 heterocycles. The van der Waals surface area contributed by atoms with Gasteiger partial charge in [0, 0.05) is 36.6 Å². The fraction of sp³-hybridized carbons (Fsp3) is 0.471. The van der Waals surface area contributed by atoms with Crippen molar-refractivity contribution < 1.29 is 9.53 Å². The topological polar surface area (TPSA) is 41.6 Å². The summed E-state index contributed by atoms with van der Waals surface area (Å²) < 4.78 is 4.91. The molecule has 0 aromatic heterocycles. The van der Waals surface area contributed by atoms with Crippen LogP contribution in [0.4, 0.5) is 11.4 Å². The van der Waals surface area contributed by atoms with Gasteiger partial charge in [-0.3, -0.25) is 0 Å². The van der Waals surface area contributed by atoms with Gasteiger partial charge in [0.2, 0.25) is 0 Å². The lowest BCUT2D eigenvalue weighted by Gasteiger charge is -2.28. The molecule has 0 amide bonds. The summed E-state index contributed by atoms with van der Waals surface area (Å²) in [7, 11) is 0. The van der Waals surface area contributed by atoms with Gasteiger partial charge < -0.3 is 15.0 Å². The molecule has 1 saturated heterocycles. The summed E-state index contributed by atoms with van der Waals surface area (Å²) in [6.45, 7) is 8.60. The average Bonchev–Trinajstić information content (AvgIpc) is 2.54. The number of esters is 1. The first-order valence-electron chi connectivity index (χ1n) is 7.64. The van der Waals surface area contributed by atoms with Crippen LogP contribution < -0.4 is 10.2 Å². The summed E-state index contributed by atoms with van der Waals surface area (Å²) in [5.41, 5.74) is 2.70. The van der Waals surface area contributed by atoms with Gasteiger partial charge in [0.05, 0.1) is 6.61 Å². The van der Waals surface area contributed by atoms with Crippen LogP contribution in [0.3, 0.4) is 0 Å². The van der Waals surface area contributed by atoms with Crippen molar-refractivity contribution in [3.8, 4) is 0 Å². The minimum Gasteiger partial charge on any atom is -0.463 e. The van der Waals surface area contributed by atoms with Gasteiger partial charge in [-0.15, -0.1) is 0 Å². The average molecular weight is 288 g/mol. The maximum Gasteiger partial charge on any atom is 0.335 e. The number of hydrogen-bond donors (Lipinski definition) is 1. The summed E-state index contributed by atoms with van der Waals surface area (Å²) in [4.78, 5) is 13.9. The van der Waals surface area contributed by atoms with Crippen LogP contribution in [-0.4, -0.2) is 32.2 Å². The Morgan fingerprint density at radius 2 is 1.90 bits per heavy atom. The van der Waals surface area contributed by atoms with Crippen molar-refractivity contribution in [2.45, 2.75) is 26.2 Å². The standard InChI is InChI=1S/C17H24N2O2/c1-3-21-17(20)14(2)13-18-15-7-9-16(10-8-15)19-11-5-4-6-12-19/h7-10,18H,2-6,11-13H2,1H3. The number of ether oxygens (including phenoxy) is 1. The van der Waals surface area contributed by atoms with Gasteiger partial charge >= 0.3 is 5.97 Å². The Labute approximate surface area is 126 Å². The van der Waals surface area contributed by atoms with E-state index in [4.69, 9.17) is 4.74 Å². The van der Waals surface area contributed by atoms with E-state index in [1.54, 1.807) is 6.92 Å². The predicted molar refractivity (Wildman–Crippen MR) is 86.8 cm³/mol. The zero-order chi connectivity index (χ0) is 15.1. The highest BCUT2D eigenvalue weighted by molar-refractivity contribution is 5.88. The lowest BCUT2D eigenvalue weighted by atomic mass is 10.1. The van der Waals surface area contributed by atoms with E-state index in [0.29, 0.717) is 18.7 Å². The zero-order valence-corrected chi connectivity index (χ0v) is 12.7. The summed E-state index contributed by atoms with van der Waals surface area (Å²) in [5.74, 6) is -0.338. The molecule has 1 N–H and O–H groups in total. The molecule has 1 aliphatic heterocycles. The van der Waals surface area contributed by atoms with Crippen molar-refractivity contribution in [1.29, 1.82) is 0 Å². The van der Waals surface area contributed by atoms with E-state index in [9.17, 15) is 4.79 Å². The molecule has 0 aliphatic carbocycles. The van der Waals surface area contributed by atoms with E-state index < -0.39 is 0 Å². The highest BCUT2D eigenvalue weighted by Crippen LogP contribution is 2.21. The molecule has 1 aliphatic rings. The van der Waals surface area contributed by atoms with Gasteiger partial charge in [-0.2, -0.15) is 0 Å². The van der Waals surface area contributed by atoms with E-state index in [-0.39, 0.29) is 5.97 Å². The van der Waals surface area contributed by atoms with Crippen LogP contribution in [0.1, 0.15) is 26.2 Å². The fourth-order valence-corrected chi connectivity index (χ4v) is 2.46. The molecule has 21 heavy (non-hydrogen) atoms. The number of benzene rings is 1. The molecule has 1 aromatic rings. The molecule has 0 unspecified atom stereocenters. The lowest BCUT2D eigenvalue weighted by Crippen LogP contribution is -2.29. The minimum atomic E-state index is -0.338. The van der Waals surface area contributed by atoms with Gasteiger partial charge in [-0.1, -0.05) is 6.58 Å². The number of rotatable bonds is 6. The van der Waals surface area contributed by atoms with Gasteiger partial charge in [0.15, 0.2) is 0 Å². The van der Waals surface area contributed by atoms with E-state index in [2.05, 4.69) is 28.9 Å². The van der Waals surface area contributed by atoms with Crippen molar-refractivity contribution >= 4 is 17.3 Å². The summed E-state index contributed by atoms with van der Waals surface area (Å²) in [6, 6.07) is 8.34. The van der Waals surface area contributed by atoms with Crippen molar-refractivity contribution in [1.82, 2.24) is 0 Å². The van der Waals surface area contributed by atoms with Crippen LogP contribution >= 0.6 is 0 Å². The Morgan fingerprint density at radius 1 is 1.24 bits per heavy atom. The Balaban J connectivity index is 1.84. The first-order valence-corrected chi connectivity index (χ1v) is 7.64. The predicted octanol–water partition coefficient (Wildman–Crippen LogP) is 3.21. The second kappa shape index (κ2) is 7.72. The largest absolute Gasteiger partial charge is 0.463 e. The second-order valence-electron chi connectivity index (χ2n) is 5.27. The molecule has 114 valence electrons. The molecule has 0 spiro atoms. The Bertz CT molecular complexity index is 476. The smallest absolute Gasteiger partial charge is 0.335 e. The number of hydrogen-bond acceptors (Lipinski definition) is 4. The summed E-state index contributed by atoms with van der Waals surface area (Å²) in [5, 5.41) is 3.19. The van der Waals surface area contributed by atoms with E-state index in [0.717, 1.165) is 18.8 Å². The van der Waals surface area contributed by atoms with Gasteiger partial charge in [0.1, 0.15) is 0 Å². The van der Waals surface area contributed by atoms with E-state index >= 15 is 0 Å².